The van der Waals surface area contributed by atoms with Gasteiger partial charge in [-0.05, 0) is 23.8 Å². The fraction of sp³-hybridized carbons (Fsp3) is 0.0625. The summed E-state index contributed by atoms with van der Waals surface area (Å²) in [7, 11) is 0. The summed E-state index contributed by atoms with van der Waals surface area (Å²) >= 11 is 5.86. The number of hydrogen-bond acceptors (Lipinski definition) is 3. The van der Waals surface area contributed by atoms with Gasteiger partial charge in [-0.1, -0.05) is 48.0 Å². The Morgan fingerprint density at radius 1 is 1.20 bits per heavy atom. The highest BCUT2D eigenvalue weighted by Gasteiger charge is 2.13. The van der Waals surface area contributed by atoms with E-state index in [-0.39, 0.29) is 29.3 Å². The van der Waals surface area contributed by atoms with E-state index in [0.29, 0.717) is 5.02 Å². The van der Waals surface area contributed by atoms with Gasteiger partial charge >= 0.3 is 0 Å². The lowest BCUT2D eigenvalue weighted by atomic mass is 10.0. The Kier molecular flexibility index (Phi) is 4.56. The predicted octanol–water partition coefficient (Wildman–Crippen LogP) is 3.43. The number of carbonyl (C=O) groups excluding carboxylic acids is 1. The fourth-order valence-electron chi connectivity index (χ4n) is 1.79. The second-order valence-corrected chi connectivity index (χ2v) is 4.66. The van der Waals surface area contributed by atoms with E-state index in [1.54, 1.807) is 6.08 Å². The largest absolute Gasteiger partial charge is 0.507 e. The van der Waals surface area contributed by atoms with Crippen LogP contribution in [-0.4, -0.2) is 16.0 Å². The predicted molar refractivity (Wildman–Crippen MR) is 78.8 cm³/mol. The molecule has 0 aliphatic rings. The Morgan fingerprint density at radius 3 is 2.55 bits per heavy atom. The van der Waals surface area contributed by atoms with Crippen molar-refractivity contribution in [2.75, 3.05) is 0 Å². The molecule has 2 aromatic rings. The number of hydrogen-bond donors (Lipinski definition) is 2. The molecule has 102 valence electrons. The lowest BCUT2D eigenvalue weighted by Crippen LogP contribution is -1.98. The van der Waals surface area contributed by atoms with Crippen LogP contribution < -0.4 is 0 Å². The molecule has 0 amide bonds. The van der Waals surface area contributed by atoms with Crippen molar-refractivity contribution in [3.63, 3.8) is 0 Å². The summed E-state index contributed by atoms with van der Waals surface area (Å²) in [4.78, 5) is 12.1. The molecule has 0 spiro atoms. The molecule has 0 aromatic heterocycles. The molecule has 20 heavy (non-hydrogen) atoms. The molecule has 2 aromatic carbocycles. The van der Waals surface area contributed by atoms with Crippen LogP contribution >= 0.6 is 11.6 Å². The number of aromatic hydroxyl groups is 1. The lowest BCUT2D eigenvalue weighted by molar-refractivity contribution is 0.104. The van der Waals surface area contributed by atoms with Gasteiger partial charge in [0.1, 0.15) is 5.75 Å². The zero-order valence-electron chi connectivity index (χ0n) is 10.6. The van der Waals surface area contributed by atoms with Crippen LogP contribution in [0.25, 0.3) is 6.08 Å². The number of aliphatic hydroxyl groups is 1. The number of benzene rings is 2. The standard InChI is InChI=1S/C16H13ClO3/c17-13-8-12(10-18)16(20)14(9-13)15(19)7-6-11-4-2-1-3-5-11/h1-9,18,20H,10H2/b7-6+. The van der Waals surface area contributed by atoms with E-state index in [1.807, 2.05) is 30.3 Å². The summed E-state index contributed by atoms with van der Waals surface area (Å²) in [5, 5.41) is 19.3. The van der Waals surface area contributed by atoms with Crippen molar-refractivity contribution in [2.45, 2.75) is 6.61 Å². The van der Waals surface area contributed by atoms with Crippen molar-refractivity contribution in [1.82, 2.24) is 0 Å². The van der Waals surface area contributed by atoms with Crippen molar-refractivity contribution in [1.29, 1.82) is 0 Å². The third-order valence-corrected chi connectivity index (χ3v) is 3.03. The van der Waals surface area contributed by atoms with Crippen molar-refractivity contribution in [3.05, 3.63) is 70.3 Å². The molecule has 2 N–H and O–H groups in total. The van der Waals surface area contributed by atoms with Crippen LogP contribution in [0.3, 0.4) is 0 Å². The van der Waals surface area contributed by atoms with Gasteiger partial charge in [-0.15, -0.1) is 0 Å². The zero-order valence-corrected chi connectivity index (χ0v) is 11.3. The molecule has 0 aliphatic heterocycles. The maximum Gasteiger partial charge on any atom is 0.189 e. The quantitative estimate of drug-likeness (QED) is 0.669. The molecular weight excluding hydrogens is 276 g/mol. The molecule has 0 unspecified atom stereocenters. The van der Waals surface area contributed by atoms with Gasteiger partial charge in [0.2, 0.25) is 0 Å². The average Bonchev–Trinajstić information content (AvgIpc) is 2.47. The molecule has 0 aliphatic carbocycles. The summed E-state index contributed by atoms with van der Waals surface area (Å²) < 4.78 is 0. The van der Waals surface area contributed by atoms with E-state index in [9.17, 15) is 9.90 Å². The first-order valence-electron chi connectivity index (χ1n) is 6.01. The molecule has 3 nitrogen and oxygen atoms in total. The third kappa shape index (κ3) is 3.26. The zero-order chi connectivity index (χ0) is 14.5. The normalized spacial score (nSPS) is 10.9. The number of aliphatic hydroxyl groups excluding tert-OH is 1. The monoisotopic (exact) mass is 288 g/mol. The second-order valence-electron chi connectivity index (χ2n) is 4.23. The van der Waals surface area contributed by atoms with E-state index >= 15 is 0 Å². The SMILES string of the molecule is O=C(/C=C/c1ccccc1)c1cc(Cl)cc(CO)c1O. The van der Waals surface area contributed by atoms with Crippen LogP contribution in [0.5, 0.6) is 5.75 Å². The first kappa shape index (κ1) is 14.3. The minimum atomic E-state index is -0.380. The summed E-state index contributed by atoms with van der Waals surface area (Å²) in [5.41, 5.74) is 1.19. The molecule has 0 saturated carbocycles. The topological polar surface area (TPSA) is 57.5 Å². The Balaban J connectivity index is 2.30. The maximum atomic E-state index is 12.1. The van der Waals surface area contributed by atoms with Crippen LogP contribution in [0.1, 0.15) is 21.5 Å². The van der Waals surface area contributed by atoms with Gasteiger partial charge in [0.15, 0.2) is 5.78 Å². The van der Waals surface area contributed by atoms with Crippen molar-refractivity contribution in [3.8, 4) is 5.75 Å². The number of ketones is 1. The minimum Gasteiger partial charge on any atom is -0.507 e. The van der Waals surface area contributed by atoms with Crippen LogP contribution in [0.15, 0.2) is 48.5 Å². The van der Waals surface area contributed by atoms with Crippen molar-refractivity contribution >= 4 is 23.5 Å². The third-order valence-electron chi connectivity index (χ3n) is 2.82. The van der Waals surface area contributed by atoms with Gasteiger partial charge in [-0.3, -0.25) is 4.79 Å². The summed E-state index contributed by atoms with van der Waals surface area (Å²) in [6.07, 6.45) is 3.02. The maximum absolute atomic E-state index is 12.1. The van der Waals surface area contributed by atoms with E-state index < -0.39 is 0 Å². The fourth-order valence-corrected chi connectivity index (χ4v) is 2.03. The highest BCUT2D eigenvalue weighted by Crippen LogP contribution is 2.28. The van der Waals surface area contributed by atoms with Gasteiger partial charge in [0.05, 0.1) is 12.2 Å². The van der Waals surface area contributed by atoms with Gasteiger partial charge in [0.25, 0.3) is 0 Å². The highest BCUT2D eigenvalue weighted by molar-refractivity contribution is 6.31. The van der Waals surface area contributed by atoms with Crippen LogP contribution in [-0.2, 0) is 6.61 Å². The molecule has 0 atom stereocenters. The number of carbonyl (C=O) groups is 1. The molecule has 0 fully saturated rings. The number of rotatable bonds is 4. The number of phenols is 1. The van der Waals surface area contributed by atoms with Crippen molar-refractivity contribution < 1.29 is 15.0 Å². The summed E-state index contributed by atoms with van der Waals surface area (Å²) in [6, 6.07) is 12.1. The molecule has 0 bridgehead atoms. The molecular formula is C16H13ClO3. The van der Waals surface area contributed by atoms with Gasteiger partial charge in [-0.2, -0.15) is 0 Å². The minimum absolute atomic E-state index is 0.0775. The molecule has 2 rings (SSSR count). The van der Waals surface area contributed by atoms with Crippen LogP contribution in [0, 0.1) is 0 Å². The first-order valence-corrected chi connectivity index (χ1v) is 6.39. The Hall–Kier alpha value is -2.10. The Morgan fingerprint density at radius 2 is 1.90 bits per heavy atom. The molecule has 0 saturated heterocycles. The summed E-state index contributed by atoms with van der Waals surface area (Å²) in [5.74, 6) is -0.608. The van der Waals surface area contributed by atoms with Gasteiger partial charge in [0, 0.05) is 10.6 Å². The smallest absolute Gasteiger partial charge is 0.189 e. The average molecular weight is 289 g/mol. The second kappa shape index (κ2) is 6.37. The van der Waals surface area contributed by atoms with E-state index in [1.165, 1.54) is 18.2 Å². The Labute approximate surface area is 121 Å². The Bertz CT molecular complexity index is 648. The molecule has 0 radical (unpaired) electrons. The van der Waals surface area contributed by atoms with E-state index in [2.05, 4.69) is 0 Å². The van der Waals surface area contributed by atoms with Gasteiger partial charge < -0.3 is 10.2 Å². The lowest BCUT2D eigenvalue weighted by Gasteiger charge is -2.06. The first-order chi connectivity index (χ1) is 9.61. The van der Waals surface area contributed by atoms with E-state index in [0.717, 1.165) is 5.56 Å². The van der Waals surface area contributed by atoms with Crippen molar-refractivity contribution in [2.24, 2.45) is 0 Å². The van der Waals surface area contributed by atoms with Crippen LogP contribution in [0.4, 0.5) is 0 Å². The summed E-state index contributed by atoms with van der Waals surface area (Å²) in [6.45, 7) is -0.380. The van der Waals surface area contributed by atoms with E-state index in [4.69, 9.17) is 16.7 Å². The molecule has 4 heteroatoms. The van der Waals surface area contributed by atoms with Gasteiger partial charge in [-0.25, -0.2) is 0 Å². The number of halogens is 1. The van der Waals surface area contributed by atoms with Crippen LogP contribution in [0.2, 0.25) is 5.02 Å². The molecule has 0 heterocycles. The highest BCUT2D eigenvalue weighted by atomic mass is 35.5. The number of allylic oxidation sites excluding steroid dienone is 1.